The van der Waals surface area contributed by atoms with Gasteiger partial charge in [-0.3, -0.25) is 4.72 Å². The summed E-state index contributed by atoms with van der Waals surface area (Å²) >= 11 is 0. The predicted octanol–water partition coefficient (Wildman–Crippen LogP) is 3.53. The normalized spacial score (nSPS) is 12.6. The zero-order chi connectivity index (χ0) is 19.6. The highest BCUT2D eigenvalue weighted by Gasteiger charge is 2.20. The minimum Gasteiger partial charge on any atom is -0.454 e. The summed E-state index contributed by atoms with van der Waals surface area (Å²) in [7, 11) is -3.75. The van der Waals surface area contributed by atoms with E-state index in [4.69, 9.17) is 9.47 Å². The van der Waals surface area contributed by atoms with Crippen LogP contribution < -0.4 is 19.5 Å². The summed E-state index contributed by atoms with van der Waals surface area (Å²) in [6.45, 7) is 2.79. The number of benzene rings is 2. The van der Waals surface area contributed by atoms with Gasteiger partial charge in [0.25, 0.3) is 10.0 Å². The van der Waals surface area contributed by atoms with Crippen LogP contribution in [-0.2, 0) is 16.6 Å². The van der Waals surface area contributed by atoms with Gasteiger partial charge in [-0.1, -0.05) is 24.3 Å². The van der Waals surface area contributed by atoms with Crippen molar-refractivity contribution in [2.24, 2.45) is 0 Å². The topological polar surface area (TPSA) is 89.5 Å². The highest BCUT2D eigenvalue weighted by Crippen LogP contribution is 2.34. The molecular formula is C20H19N3O4S. The molecule has 2 heterocycles. The minimum absolute atomic E-state index is 0.0904. The van der Waals surface area contributed by atoms with Crippen molar-refractivity contribution in [3.05, 3.63) is 71.9 Å². The van der Waals surface area contributed by atoms with E-state index in [2.05, 4.69) is 34.1 Å². The van der Waals surface area contributed by atoms with E-state index in [0.29, 0.717) is 29.5 Å². The van der Waals surface area contributed by atoms with Crippen LogP contribution in [0.25, 0.3) is 0 Å². The molecule has 0 unspecified atom stereocenters. The third-order valence-corrected chi connectivity index (χ3v) is 5.77. The molecule has 1 aliphatic heterocycles. The highest BCUT2D eigenvalue weighted by molar-refractivity contribution is 7.92. The number of sulfonamides is 1. The van der Waals surface area contributed by atoms with Gasteiger partial charge in [-0.05, 0) is 42.3 Å². The number of fused-ring (bicyclic) bond motifs is 1. The second-order valence-electron chi connectivity index (χ2n) is 6.33. The molecule has 1 aliphatic rings. The molecule has 0 radical (unpaired) electrons. The maximum atomic E-state index is 12.6. The van der Waals surface area contributed by atoms with Gasteiger partial charge in [0, 0.05) is 12.6 Å². The van der Waals surface area contributed by atoms with Crippen molar-refractivity contribution in [1.82, 2.24) is 4.98 Å². The lowest BCUT2D eigenvalue weighted by Gasteiger charge is -2.11. The van der Waals surface area contributed by atoms with Gasteiger partial charge >= 0.3 is 0 Å². The van der Waals surface area contributed by atoms with E-state index < -0.39 is 10.0 Å². The molecule has 144 valence electrons. The quantitative estimate of drug-likeness (QED) is 0.661. The molecule has 0 aliphatic carbocycles. The standard InChI is InChI=1S/C20H19N3O4S/c1-14-4-2-3-5-15(14)11-21-20-9-6-16(12-22-20)23-28(24,25)17-7-8-18-19(10-17)27-13-26-18/h2-10,12,23H,11,13H2,1H3,(H,21,22). The van der Waals surface area contributed by atoms with Gasteiger partial charge < -0.3 is 14.8 Å². The number of rotatable bonds is 6. The summed E-state index contributed by atoms with van der Waals surface area (Å²) in [6.07, 6.45) is 1.48. The fourth-order valence-corrected chi connectivity index (χ4v) is 3.87. The number of hydrogen-bond donors (Lipinski definition) is 2. The second kappa shape index (κ2) is 7.40. The van der Waals surface area contributed by atoms with Crippen LogP contribution >= 0.6 is 0 Å². The van der Waals surface area contributed by atoms with Crippen LogP contribution in [0.5, 0.6) is 11.5 Å². The summed E-state index contributed by atoms with van der Waals surface area (Å²) in [5.41, 5.74) is 2.75. The summed E-state index contributed by atoms with van der Waals surface area (Å²) in [5.74, 6) is 1.61. The Kier molecular flexibility index (Phi) is 4.79. The van der Waals surface area contributed by atoms with E-state index in [9.17, 15) is 8.42 Å². The lowest BCUT2D eigenvalue weighted by atomic mass is 10.1. The van der Waals surface area contributed by atoms with Crippen LogP contribution in [0.1, 0.15) is 11.1 Å². The van der Waals surface area contributed by atoms with Gasteiger partial charge in [0.1, 0.15) is 5.82 Å². The van der Waals surface area contributed by atoms with Crippen molar-refractivity contribution in [1.29, 1.82) is 0 Å². The average Bonchev–Trinajstić information content (AvgIpc) is 3.16. The molecule has 4 rings (SSSR count). The van der Waals surface area contributed by atoms with Crippen molar-refractivity contribution in [3.63, 3.8) is 0 Å². The molecule has 0 saturated carbocycles. The van der Waals surface area contributed by atoms with Crippen LogP contribution in [0.15, 0.2) is 65.7 Å². The van der Waals surface area contributed by atoms with E-state index in [1.807, 2.05) is 12.1 Å². The van der Waals surface area contributed by atoms with E-state index in [-0.39, 0.29) is 11.7 Å². The number of ether oxygens (including phenoxy) is 2. The zero-order valence-electron chi connectivity index (χ0n) is 15.2. The van der Waals surface area contributed by atoms with Crippen LogP contribution in [0.3, 0.4) is 0 Å². The fraction of sp³-hybridized carbons (Fsp3) is 0.150. The molecule has 0 bridgehead atoms. The van der Waals surface area contributed by atoms with Gasteiger partial charge in [-0.25, -0.2) is 13.4 Å². The van der Waals surface area contributed by atoms with Crippen molar-refractivity contribution >= 4 is 21.5 Å². The van der Waals surface area contributed by atoms with Gasteiger partial charge in [0.05, 0.1) is 16.8 Å². The van der Waals surface area contributed by atoms with Crippen LogP contribution in [0.4, 0.5) is 11.5 Å². The Balaban J connectivity index is 1.43. The molecule has 0 saturated heterocycles. The SMILES string of the molecule is Cc1ccccc1CNc1ccc(NS(=O)(=O)c2ccc3c(c2)OCO3)cn1. The molecular weight excluding hydrogens is 378 g/mol. The Morgan fingerprint density at radius 3 is 2.64 bits per heavy atom. The number of pyridine rings is 1. The maximum Gasteiger partial charge on any atom is 0.262 e. The first kappa shape index (κ1) is 18.1. The molecule has 0 fully saturated rings. The first-order valence-electron chi connectivity index (χ1n) is 8.68. The third kappa shape index (κ3) is 3.86. The Morgan fingerprint density at radius 1 is 1.04 bits per heavy atom. The van der Waals surface area contributed by atoms with Crippen LogP contribution in [-0.4, -0.2) is 20.2 Å². The summed E-state index contributed by atoms with van der Waals surface area (Å²) in [6, 6.07) is 16.0. The number of aryl methyl sites for hydroxylation is 1. The van der Waals surface area contributed by atoms with Crippen LogP contribution in [0.2, 0.25) is 0 Å². The van der Waals surface area contributed by atoms with Crippen molar-refractivity contribution < 1.29 is 17.9 Å². The minimum atomic E-state index is -3.75. The molecule has 0 spiro atoms. The van der Waals surface area contributed by atoms with Gasteiger partial charge in [-0.15, -0.1) is 0 Å². The first-order valence-corrected chi connectivity index (χ1v) is 10.2. The molecule has 1 aromatic heterocycles. The van der Waals surface area contributed by atoms with E-state index in [1.165, 1.54) is 29.5 Å². The Morgan fingerprint density at radius 2 is 1.86 bits per heavy atom. The molecule has 0 amide bonds. The largest absolute Gasteiger partial charge is 0.454 e. The van der Waals surface area contributed by atoms with Crippen molar-refractivity contribution in [2.75, 3.05) is 16.8 Å². The number of nitrogens with one attached hydrogen (secondary N) is 2. The first-order chi connectivity index (χ1) is 13.5. The molecule has 2 N–H and O–H groups in total. The highest BCUT2D eigenvalue weighted by atomic mass is 32.2. The van der Waals surface area contributed by atoms with Crippen molar-refractivity contribution in [2.45, 2.75) is 18.4 Å². The molecule has 0 atom stereocenters. The summed E-state index contributed by atoms with van der Waals surface area (Å²) in [4.78, 5) is 4.37. The molecule has 7 nitrogen and oxygen atoms in total. The summed E-state index contributed by atoms with van der Waals surface area (Å²) < 4.78 is 38.1. The third-order valence-electron chi connectivity index (χ3n) is 4.39. The Labute approximate surface area is 163 Å². The Bertz CT molecular complexity index is 1100. The lowest BCUT2D eigenvalue weighted by Crippen LogP contribution is -2.13. The lowest BCUT2D eigenvalue weighted by molar-refractivity contribution is 0.174. The van der Waals surface area contributed by atoms with Crippen molar-refractivity contribution in [3.8, 4) is 11.5 Å². The van der Waals surface area contributed by atoms with E-state index >= 15 is 0 Å². The predicted molar refractivity (Wildman–Crippen MR) is 106 cm³/mol. The van der Waals surface area contributed by atoms with E-state index in [0.717, 1.165) is 0 Å². The number of nitrogens with zero attached hydrogens (tertiary/aromatic N) is 1. The smallest absolute Gasteiger partial charge is 0.262 e. The van der Waals surface area contributed by atoms with Crippen LogP contribution in [0, 0.1) is 6.92 Å². The zero-order valence-corrected chi connectivity index (χ0v) is 16.0. The maximum absolute atomic E-state index is 12.6. The molecule has 8 heteroatoms. The van der Waals surface area contributed by atoms with E-state index in [1.54, 1.807) is 18.2 Å². The van der Waals surface area contributed by atoms with Gasteiger partial charge in [0.15, 0.2) is 11.5 Å². The van der Waals surface area contributed by atoms with Gasteiger partial charge in [0.2, 0.25) is 6.79 Å². The monoisotopic (exact) mass is 397 g/mol. The molecule has 2 aromatic carbocycles. The van der Waals surface area contributed by atoms with Gasteiger partial charge in [-0.2, -0.15) is 0 Å². The second-order valence-corrected chi connectivity index (χ2v) is 8.02. The molecule has 3 aromatic rings. The fourth-order valence-electron chi connectivity index (χ4n) is 2.81. The number of aromatic nitrogens is 1. The number of anilines is 2. The number of hydrogen-bond acceptors (Lipinski definition) is 6. The summed E-state index contributed by atoms with van der Waals surface area (Å²) in [5, 5.41) is 3.23. The molecule has 28 heavy (non-hydrogen) atoms. The average molecular weight is 397 g/mol. The Hall–Kier alpha value is -3.26.